The summed E-state index contributed by atoms with van der Waals surface area (Å²) in [5, 5.41) is 2.91. The van der Waals surface area contributed by atoms with Crippen LogP contribution in [0.2, 0.25) is 5.02 Å². The van der Waals surface area contributed by atoms with Crippen LogP contribution in [-0.2, 0) is 0 Å². The molecule has 0 bridgehead atoms. The molecule has 0 aromatic heterocycles. The van der Waals surface area contributed by atoms with E-state index in [1.54, 1.807) is 17.8 Å². The Hall–Kier alpha value is -1.59. The molecule has 1 atom stereocenters. The molecule has 2 nitrogen and oxygen atoms in total. The van der Waals surface area contributed by atoms with Crippen LogP contribution in [0.1, 0.15) is 28.4 Å². The van der Waals surface area contributed by atoms with Crippen LogP contribution in [0.4, 0.5) is 8.78 Å². The smallest absolute Gasteiger partial charge is 0.253 e. The van der Waals surface area contributed by atoms with E-state index in [-0.39, 0.29) is 22.4 Å². The summed E-state index contributed by atoms with van der Waals surface area (Å²) in [6, 6.07) is 7.92. The Balaban J connectivity index is 1.85. The SMILES string of the molecule is O=C(NC1CCSc2ccc(F)cc21)c1ccc(F)cc1Cl. The molecule has 1 unspecified atom stereocenters. The Morgan fingerprint density at radius 1 is 1.18 bits per heavy atom. The van der Waals surface area contributed by atoms with Gasteiger partial charge in [0, 0.05) is 10.6 Å². The minimum absolute atomic E-state index is 0.0575. The van der Waals surface area contributed by atoms with Gasteiger partial charge in [0.25, 0.3) is 5.91 Å². The van der Waals surface area contributed by atoms with Crippen LogP contribution in [0.25, 0.3) is 0 Å². The number of fused-ring (bicyclic) bond motifs is 1. The molecule has 114 valence electrons. The van der Waals surface area contributed by atoms with Crippen molar-refractivity contribution >= 4 is 29.3 Å². The van der Waals surface area contributed by atoms with Gasteiger partial charge in [-0.25, -0.2) is 8.78 Å². The molecule has 1 amide bonds. The van der Waals surface area contributed by atoms with Gasteiger partial charge < -0.3 is 5.32 Å². The summed E-state index contributed by atoms with van der Waals surface area (Å²) in [5.74, 6) is -0.388. The van der Waals surface area contributed by atoms with E-state index in [2.05, 4.69) is 5.32 Å². The van der Waals surface area contributed by atoms with Gasteiger partial charge in [-0.1, -0.05) is 11.6 Å². The van der Waals surface area contributed by atoms with Crippen molar-refractivity contribution in [3.05, 3.63) is 64.2 Å². The first-order valence-electron chi connectivity index (χ1n) is 6.73. The fraction of sp³-hybridized carbons (Fsp3) is 0.188. The van der Waals surface area contributed by atoms with Gasteiger partial charge in [0.1, 0.15) is 11.6 Å². The number of carbonyl (C=O) groups is 1. The predicted octanol–water partition coefficient (Wildman–Crippen LogP) is 4.59. The minimum Gasteiger partial charge on any atom is -0.345 e. The van der Waals surface area contributed by atoms with Crippen molar-refractivity contribution in [3.8, 4) is 0 Å². The number of halogens is 3. The molecule has 0 fully saturated rings. The second-order valence-electron chi connectivity index (χ2n) is 4.97. The lowest BCUT2D eigenvalue weighted by molar-refractivity contribution is 0.0935. The van der Waals surface area contributed by atoms with E-state index >= 15 is 0 Å². The number of hydrogen-bond acceptors (Lipinski definition) is 2. The van der Waals surface area contributed by atoms with Crippen molar-refractivity contribution in [2.75, 3.05) is 5.75 Å². The zero-order chi connectivity index (χ0) is 15.7. The van der Waals surface area contributed by atoms with Crippen LogP contribution >= 0.6 is 23.4 Å². The number of hydrogen-bond donors (Lipinski definition) is 1. The van der Waals surface area contributed by atoms with E-state index in [1.807, 2.05) is 0 Å². The lowest BCUT2D eigenvalue weighted by atomic mass is 10.0. The largest absolute Gasteiger partial charge is 0.345 e. The van der Waals surface area contributed by atoms with Gasteiger partial charge in [0.15, 0.2) is 0 Å². The maximum absolute atomic E-state index is 13.5. The standard InChI is InChI=1S/C16H12ClF2NOS/c17-13-8-10(19)1-3-11(13)16(21)20-14-5-6-22-15-4-2-9(18)7-12(14)15/h1-4,7-8,14H,5-6H2,(H,20,21). The Bertz CT molecular complexity index is 738. The molecule has 2 aromatic rings. The van der Waals surface area contributed by atoms with Gasteiger partial charge in [-0.2, -0.15) is 0 Å². The lowest BCUT2D eigenvalue weighted by Crippen LogP contribution is -2.31. The van der Waals surface area contributed by atoms with Gasteiger partial charge in [-0.05, 0) is 48.4 Å². The molecule has 3 rings (SSSR count). The Morgan fingerprint density at radius 3 is 2.68 bits per heavy atom. The summed E-state index contributed by atoms with van der Waals surface area (Å²) in [6.45, 7) is 0. The summed E-state index contributed by atoms with van der Waals surface area (Å²) >= 11 is 7.54. The molecule has 0 saturated carbocycles. The fourth-order valence-corrected chi connectivity index (χ4v) is 3.78. The minimum atomic E-state index is -0.497. The third-order valence-electron chi connectivity index (χ3n) is 3.49. The second-order valence-corrected chi connectivity index (χ2v) is 6.51. The molecule has 0 saturated heterocycles. The van der Waals surface area contributed by atoms with Gasteiger partial charge in [0.2, 0.25) is 0 Å². The predicted molar refractivity (Wildman–Crippen MR) is 83.4 cm³/mol. The van der Waals surface area contributed by atoms with Crippen molar-refractivity contribution in [1.82, 2.24) is 5.32 Å². The maximum atomic E-state index is 13.5. The van der Waals surface area contributed by atoms with Crippen LogP contribution in [0, 0.1) is 11.6 Å². The average molecular weight is 340 g/mol. The van der Waals surface area contributed by atoms with Crippen molar-refractivity contribution in [2.45, 2.75) is 17.4 Å². The number of carbonyl (C=O) groups excluding carboxylic acids is 1. The third-order valence-corrected chi connectivity index (χ3v) is 4.93. The molecule has 2 aromatic carbocycles. The van der Waals surface area contributed by atoms with E-state index < -0.39 is 11.7 Å². The van der Waals surface area contributed by atoms with Crippen LogP contribution in [0.3, 0.4) is 0 Å². The van der Waals surface area contributed by atoms with E-state index in [0.29, 0.717) is 6.42 Å². The quantitative estimate of drug-likeness (QED) is 0.867. The highest BCUT2D eigenvalue weighted by molar-refractivity contribution is 7.99. The average Bonchev–Trinajstić information content (AvgIpc) is 2.47. The first-order valence-corrected chi connectivity index (χ1v) is 8.09. The van der Waals surface area contributed by atoms with Gasteiger partial charge >= 0.3 is 0 Å². The lowest BCUT2D eigenvalue weighted by Gasteiger charge is -2.26. The molecule has 22 heavy (non-hydrogen) atoms. The number of nitrogens with one attached hydrogen (secondary N) is 1. The fourth-order valence-electron chi connectivity index (χ4n) is 2.42. The van der Waals surface area contributed by atoms with Gasteiger partial charge in [-0.15, -0.1) is 11.8 Å². The van der Waals surface area contributed by atoms with Crippen LogP contribution in [0.5, 0.6) is 0 Å². The molecule has 6 heteroatoms. The van der Waals surface area contributed by atoms with Crippen LogP contribution in [0.15, 0.2) is 41.3 Å². The normalized spacial score (nSPS) is 17.0. The summed E-state index contributed by atoms with van der Waals surface area (Å²) in [4.78, 5) is 13.3. The number of thioether (sulfide) groups is 1. The van der Waals surface area contributed by atoms with E-state index in [9.17, 15) is 13.6 Å². The summed E-state index contributed by atoms with van der Waals surface area (Å²) in [6.07, 6.45) is 0.700. The first-order chi connectivity index (χ1) is 10.5. The topological polar surface area (TPSA) is 29.1 Å². The number of benzene rings is 2. The molecule has 0 radical (unpaired) electrons. The van der Waals surface area contributed by atoms with Crippen molar-refractivity contribution in [1.29, 1.82) is 0 Å². The van der Waals surface area contributed by atoms with E-state index in [4.69, 9.17) is 11.6 Å². The zero-order valence-corrected chi connectivity index (χ0v) is 13.0. The summed E-state index contributed by atoms with van der Waals surface area (Å²) in [5.41, 5.74) is 0.974. The highest BCUT2D eigenvalue weighted by Gasteiger charge is 2.24. The second kappa shape index (κ2) is 6.26. The molecule has 1 aliphatic rings. The molecular weight excluding hydrogens is 328 g/mol. The number of rotatable bonds is 2. The highest BCUT2D eigenvalue weighted by atomic mass is 35.5. The first kappa shape index (κ1) is 15.3. The van der Waals surface area contributed by atoms with E-state index in [0.717, 1.165) is 22.3 Å². The molecule has 1 aliphatic heterocycles. The molecule has 1 N–H and O–H groups in total. The van der Waals surface area contributed by atoms with Crippen molar-refractivity contribution < 1.29 is 13.6 Å². The van der Waals surface area contributed by atoms with Crippen molar-refractivity contribution in [3.63, 3.8) is 0 Å². The Labute approximate surface area is 135 Å². The van der Waals surface area contributed by atoms with Crippen molar-refractivity contribution in [2.24, 2.45) is 0 Å². The monoisotopic (exact) mass is 339 g/mol. The Kier molecular flexibility index (Phi) is 4.36. The maximum Gasteiger partial charge on any atom is 0.253 e. The molecular formula is C16H12ClF2NOS. The van der Waals surface area contributed by atoms with Crippen LogP contribution in [-0.4, -0.2) is 11.7 Å². The number of amides is 1. The summed E-state index contributed by atoms with van der Waals surface area (Å²) in [7, 11) is 0. The molecule has 0 aliphatic carbocycles. The highest BCUT2D eigenvalue weighted by Crippen LogP contribution is 2.36. The van der Waals surface area contributed by atoms with E-state index in [1.165, 1.54) is 24.3 Å². The van der Waals surface area contributed by atoms with Crippen LogP contribution < -0.4 is 5.32 Å². The summed E-state index contributed by atoms with van der Waals surface area (Å²) < 4.78 is 26.5. The zero-order valence-electron chi connectivity index (χ0n) is 11.4. The third kappa shape index (κ3) is 3.10. The Morgan fingerprint density at radius 2 is 1.91 bits per heavy atom. The molecule has 0 spiro atoms. The molecule has 1 heterocycles. The van der Waals surface area contributed by atoms with Gasteiger partial charge in [-0.3, -0.25) is 4.79 Å². The van der Waals surface area contributed by atoms with Gasteiger partial charge in [0.05, 0.1) is 16.6 Å².